The highest BCUT2D eigenvalue weighted by Gasteiger charge is 2.16. The summed E-state index contributed by atoms with van der Waals surface area (Å²) in [6.45, 7) is 0.404. The standard InChI is InChI=1S/C14H13NO3S/c16-14(17)9-3-1-4-10(7-9)18-8-13-15-11-5-2-6-12(11)19-13/h1,3-4,7H,2,5-6,8H2,(H,16,17). The molecule has 1 aromatic heterocycles. The molecule has 1 N–H and O–H groups in total. The maximum absolute atomic E-state index is 10.9. The summed E-state index contributed by atoms with van der Waals surface area (Å²) in [6.07, 6.45) is 3.40. The molecule has 0 saturated heterocycles. The van der Waals surface area contributed by atoms with Crippen molar-refractivity contribution in [1.29, 1.82) is 0 Å². The first-order valence-corrected chi connectivity index (χ1v) is 6.97. The van der Waals surface area contributed by atoms with Crippen LogP contribution in [0.5, 0.6) is 5.75 Å². The normalized spacial score (nSPS) is 13.3. The number of hydrogen-bond acceptors (Lipinski definition) is 4. The van der Waals surface area contributed by atoms with E-state index in [4.69, 9.17) is 9.84 Å². The molecule has 1 heterocycles. The number of carbonyl (C=O) groups is 1. The van der Waals surface area contributed by atoms with Gasteiger partial charge in [0.05, 0.1) is 11.3 Å². The van der Waals surface area contributed by atoms with Gasteiger partial charge in [0.2, 0.25) is 0 Å². The summed E-state index contributed by atoms with van der Waals surface area (Å²) in [5.41, 5.74) is 1.45. The fourth-order valence-electron chi connectivity index (χ4n) is 2.17. The van der Waals surface area contributed by atoms with Crippen molar-refractivity contribution in [2.75, 3.05) is 0 Å². The molecule has 0 aliphatic heterocycles. The minimum atomic E-state index is -0.946. The van der Waals surface area contributed by atoms with Crippen LogP contribution < -0.4 is 4.74 Å². The number of nitrogens with zero attached hydrogens (tertiary/aromatic N) is 1. The summed E-state index contributed by atoms with van der Waals surface area (Å²) < 4.78 is 5.60. The number of carboxylic acid groups (broad SMARTS) is 1. The van der Waals surface area contributed by atoms with Crippen LogP contribution in [0.25, 0.3) is 0 Å². The van der Waals surface area contributed by atoms with Gasteiger partial charge in [0, 0.05) is 4.88 Å². The SMILES string of the molecule is O=C(O)c1cccc(OCc2nc3c(s2)CCC3)c1. The average Bonchev–Trinajstić information content (AvgIpc) is 2.97. The van der Waals surface area contributed by atoms with Crippen LogP contribution >= 0.6 is 11.3 Å². The van der Waals surface area contributed by atoms with Crippen LogP contribution in [0, 0.1) is 0 Å². The fraction of sp³-hybridized carbons (Fsp3) is 0.286. The van der Waals surface area contributed by atoms with Gasteiger partial charge in [-0.25, -0.2) is 9.78 Å². The summed E-state index contributed by atoms with van der Waals surface area (Å²) in [7, 11) is 0. The third kappa shape index (κ3) is 2.61. The molecular formula is C14H13NO3S. The van der Waals surface area contributed by atoms with E-state index in [2.05, 4.69) is 4.98 Å². The molecule has 1 aliphatic carbocycles. The monoisotopic (exact) mass is 275 g/mol. The zero-order chi connectivity index (χ0) is 13.2. The molecule has 1 aliphatic rings. The molecule has 0 spiro atoms. The number of aryl methyl sites for hydroxylation is 2. The van der Waals surface area contributed by atoms with Crippen LogP contribution in [0.1, 0.15) is 32.4 Å². The van der Waals surface area contributed by atoms with E-state index in [0.717, 1.165) is 17.8 Å². The summed E-state index contributed by atoms with van der Waals surface area (Å²) in [5, 5.41) is 9.87. The summed E-state index contributed by atoms with van der Waals surface area (Å²) in [6, 6.07) is 6.52. The third-order valence-electron chi connectivity index (χ3n) is 3.08. The topological polar surface area (TPSA) is 59.4 Å². The Kier molecular flexibility index (Phi) is 3.21. The van der Waals surface area contributed by atoms with Crippen molar-refractivity contribution in [2.24, 2.45) is 0 Å². The van der Waals surface area contributed by atoms with Gasteiger partial charge in [0.1, 0.15) is 17.4 Å². The lowest BCUT2D eigenvalue weighted by Crippen LogP contribution is -1.99. The van der Waals surface area contributed by atoms with Gasteiger partial charge in [-0.2, -0.15) is 0 Å². The third-order valence-corrected chi connectivity index (χ3v) is 4.21. The predicted octanol–water partition coefficient (Wildman–Crippen LogP) is 2.91. The number of fused-ring (bicyclic) bond motifs is 1. The van der Waals surface area contributed by atoms with Crippen molar-refractivity contribution >= 4 is 17.3 Å². The first kappa shape index (κ1) is 12.2. The molecule has 0 saturated carbocycles. The van der Waals surface area contributed by atoms with Crippen molar-refractivity contribution in [3.8, 4) is 5.75 Å². The smallest absolute Gasteiger partial charge is 0.335 e. The van der Waals surface area contributed by atoms with Gasteiger partial charge in [-0.05, 0) is 37.5 Å². The Hall–Kier alpha value is -1.88. The second-order valence-corrected chi connectivity index (χ2v) is 5.62. The first-order valence-electron chi connectivity index (χ1n) is 6.16. The van der Waals surface area contributed by atoms with E-state index in [9.17, 15) is 4.79 Å². The number of benzene rings is 1. The van der Waals surface area contributed by atoms with Gasteiger partial charge >= 0.3 is 5.97 Å². The quantitative estimate of drug-likeness (QED) is 0.932. The predicted molar refractivity (Wildman–Crippen MR) is 71.9 cm³/mol. The summed E-state index contributed by atoms with van der Waals surface area (Å²) in [4.78, 5) is 16.8. The van der Waals surface area contributed by atoms with E-state index in [1.807, 2.05) is 0 Å². The van der Waals surface area contributed by atoms with Crippen LogP contribution in [-0.4, -0.2) is 16.1 Å². The van der Waals surface area contributed by atoms with E-state index in [1.54, 1.807) is 29.5 Å². The molecule has 1 aromatic carbocycles. The van der Waals surface area contributed by atoms with Crippen LogP contribution in [-0.2, 0) is 19.4 Å². The van der Waals surface area contributed by atoms with Gasteiger partial charge in [0.25, 0.3) is 0 Å². The summed E-state index contributed by atoms with van der Waals surface area (Å²) >= 11 is 1.70. The summed E-state index contributed by atoms with van der Waals surface area (Å²) in [5.74, 6) is -0.381. The number of ether oxygens (including phenoxy) is 1. The zero-order valence-corrected chi connectivity index (χ0v) is 11.1. The Balaban J connectivity index is 1.68. The molecule has 5 heteroatoms. The average molecular weight is 275 g/mol. The number of hydrogen-bond donors (Lipinski definition) is 1. The van der Waals surface area contributed by atoms with Crippen molar-refractivity contribution in [2.45, 2.75) is 25.9 Å². The molecule has 3 rings (SSSR count). The second-order valence-electron chi connectivity index (χ2n) is 4.45. The minimum Gasteiger partial charge on any atom is -0.486 e. The lowest BCUT2D eigenvalue weighted by atomic mass is 10.2. The Bertz CT molecular complexity index is 599. The maximum atomic E-state index is 10.9. The molecule has 0 unspecified atom stereocenters. The minimum absolute atomic E-state index is 0.235. The number of thiazole rings is 1. The molecule has 0 bridgehead atoms. The fourth-order valence-corrected chi connectivity index (χ4v) is 3.24. The Morgan fingerprint density at radius 2 is 2.32 bits per heavy atom. The molecule has 2 aromatic rings. The molecule has 0 atom stereocenters. The van der Waals surface area contributed by atoms with E-state index in [-0.39, 0.29) is 5.56 Å². The highest BCUT2D eigenvalue weighted by Crippen LogP contribution is 2.28. The zero-order valence-electron chi connectivity index (χ0n) is 10.3. The van der Waals surface area contributed by atoms with E-state index >= 15 is 0 Å². The molecule has 0 radical (unpaired) electrons. The molecule has 19 heavy (non-hydrogen) atoms. The van der Waals surface area contributed by atoms with Gasteiger partial charge in [-0.3, -0.25) is 0 Å². The maximum Gasteiger partial charge on any atom is 0.335 e. The molecular weight excluding hydrogens is 262 g/mol. The second kappa shape index (κ2) is 5.01. The lowest BCUT2D eigenvalue weighted by molar-refractivity contribution is 0.0696. The van der Waals surface area contributed by atoms with E-state index in [1.165, 1.54) is 23.1 Å². The van der Waals surface area contributed by atoms with Crippen LogP contribution in [0.3, 0.4) is 0 Å². The molecule has 0 amide bonds. The van der Waals surface area contributed by atoms with Gasteiger partial charge in [0.15, 0.2) is 0 Å². The number of rotatable bonds is 4. The Morgan fingerprint density at radius 1 is 1.42 bits per heavy atom. The molecule has 4 nitrogen and oxygen atoms in total. The molecule has 0 fully saturated rings. The Labute approximate surface area is 114 Å². The van der Waals surface area contributed by atoms with Crippen molar-refractivity contribution < 1.29 is 14.6 Å². The van der Waals surface area contributed by atoms with Crippen LogP contribution in [0.4, 0.5) is 0 Å². The van der Waals surface area contributed by atoms with E-state index in [0.29, 0.717) is 12.4 Å². The van der Waals surface area contributed by atoms with Gasteiger partial charge < -0.3 is 9.84 Å². The lowest BCUT2D eigenvalue weighted by Gasteiger charge is -2.04. The largest absolute Gasteiger partial charge is 0.486 e. The number of carboxylic acids is 1. The highest BCUT2D eigenvalue weighted by atomic mass is 32.1. The number of aromatic carboxylic acids is 1. The highest BCUT2D eigenvalue weighted by molar-refractivity contribution is 7.11. The van der Waals surface area contributed by atoms with Gasteiger partial charge in [-0.15, -0.1) is 11.3 Å². The molecule has 98 valence electrons. The van der Waals surface area contributed by atoms with Crippen molar-refractivity contribution in [3.63, 3.8) is 0 Å². The van der Waals surface area contributed by atoms with Crippen molar-refractivity contribution in [1.82, 2.24) is 4.98 Å². The van der Waals surface area contributed by atoms with E-state index < -0.39 is 5.97 Å². The van der Waals surface area contributed by atoms with Crippen LogP contribution in [0.2, 0.25) is 0 Å². The van der Waals surface area contributed by atoms with Crippen LogP contribution in [0.15, 0.2) is 24.3 Å². The van der Waals surface area contributed by atoms with Crippen molar-refractivity contribution in [3.05, 3.63) is 45.4 Å². The first-order chi connectivity index (χ1) is 9.22. The Morgan fingerprint density at radius 3 is 3.11 bits per heavy atom. The van der Waals surface area contributed by atoms with Gasteiger partial charge in [-0.1, -0.05) is 6.07 Å². The number of aromatic nitrogens is 1.